The first-order chi connectivity index (χ1) is 18.4. The standard InChI is InChI=1S/C31H29NO6/c1-2-38-26(34)17-19-7-13-24(14-8-19)32-28(21-11-15-25(33)16-12-21)27(30(36)31(32)37)29(35)23-10-9-20-5-3-4-6-22(20)18-23/h7-16,18,28,33,35H,2-6,17H2,1H3/b29-27-. The summed E-state index contributed by atoms with van der Waals surface area (Å²) in [7, 11) is 0. The lowest BCUT2D eigenvalue weighted by atomic mass is 9.88. The first kappa shape index (κ1) is 25.3. The predicted octanol–water partition coefficient (Wildman–Crippen LogP) is 5.00. The van der Waals surface area contributed by atoms with Gasteiger partial charge in [0, 0.05) is 11.3 Å². The van der Waals surface area contributed by atoms with Crippen LogP contribution in [0.4, 0.5) is 5.69 Å². The molecule has 1 amide bonds. The van der Waals surface area contributed by atoms with Crippen LogP contribution < -0.4 is 4.90 Å². The number of carbonyl (C=O) groups excluding carboxylic acids is 3. The smallest absolute Gasteiger partial charge is 0.310 e. The van der Waals surface area contributed by atoms with E-state index in [0.717, 1.165) is 31.2 Å². The highest BCUT2D eigenvalue weighted by molar-refractivity contribution is 6.51. The van der Waals surface area contributed by atoms with Crippen LogP contribution in [0.3, 0.4) is 0 Å². The molecule has 1 heterocycles. The fourth-order valence-electron chi connectivity index (χ4n) is 5.26. The highest BCUT2D eigenvalue weighted by atomic mass is 16.5. The highest BCUT2D eigenvalue weighted by Gasteiger charge is 2.47. The van der Waals surface area contributed by atoms with Gasteiger partial charge < -0.3 is 14.9 Å². The molecule has 7 nitrogen and oxygen atoms in total. The summed E-state index contributed by atoms with van der Waals surface area (Å²) in [6.07, 6.45) is 4.18. The van der Waals surface area contributed by atoms with Crippen LogP contribution in [0, 0.1) is 0 Å². The molecule has 1 fully saturated rings. The van der Waals surface area contributed by atoms with E-state index in [2.05, 4.69) is 0 Å². The highest BCUT2D eigenvalue weighted by Crippen LogP contribution is 2.42. The van der Waals surface area contributed by atoms with Crippen molar-refractivity contribution in [3.8, 4) is 5.75 Å². The Morgan fingerprint density at radius 3 is 2.32 bits per heavy atom. The normalized spacial score (nSPS) is 18.3. The van der Waals surface area contributed by atoms with Crippen LogP contribution in [-0.4, -0.2) is 34.5 Å². The van der Waals surface area contributed by atoms with Gasteiger partial charge in [-0.1, -0.05) is 36.4 Å². The Kier molecular flexibility index (Phi) is 7.01. The van der Waals surface area contributed by atoms with Crippen molar-refractivity contribution in [3.63, 3.8) is 0 Å². The summed E-state index contributed by atoms with van der Waals surface area (Å²) in [6.45, 7) is 2.03. The maximum atomic E-state index is 13.4. The van der Waals surface area contributed by atoms with E-state index < -0.39 is 17.7 Å². The molecule has 3 aromatic carbocycles. The van der Waals surface area contributed by atoms with Crippen molar-refractivity contribution in [2.24, 2.45) is 0 Å². The number of aliphatic hydroxyl groups is 1. The molecule has 5 rings (SSSR count). The maximum Gasteiger partial charge on any atom is 0.310 e. The lowest BCUT2D eigenvalue weighted by Crippen LogP contribution is -2.29. The molecule has 194 valence electrons. The zero-order valence-corrected chi connectivity index (χ0v) is 21.1. The molecule has 38 heavy (non-hydrogen) atoms. The van der Waals surface area contributed by atoms with Gasteiger partial charge in [-0.15, -0.1) is 0 Å². The molecule has 1 aliphatic carbocycles. The van der Waals surface area contributed by atoms with Crippen LogP contribution in [0.1, 0.15) is 53.6 Å². The molecule has 0 radical (unpaired) electrons. The summed E-state index contributed by atoms with van der Waals surface area (Å²) >= 11 is 0. The van der Waals surface area contributed by atoms with Crippen LogP contribution in [0.5, 0.6) is 5.75 Å². The Labute approximate surface area is 221 Å². The van der Waals surface area contributed by atoms with Crippen molar-refractivity contribution in [1.82, 2.24) is 0 Å². The molecule has 3 aromatic rings. The van der Waals surface area contributed by atoms with Crippen LogP contribution >= 0.6 is 0 Å². The molecule has 0 saturated carbocycles. The third kappa shape index (κ3) is 4.79. The second-order valence-electron chi connectivity index (χ2n) is 9.60. The number of nitrogens with zero attached hydrogens (tertiary/aromatic N) is 1. The number of aromatic hydroxyl groups is 1. The minimum absolute atomic E-state index is 0.00736. The van der Waals surface area contributed by atoms with Gasteiger partial charge >= 0.3 is 5.97 Å². The van der Waals surface area contributed by atoms with Crippen LogP contribution in [0.15, 0.2) is 72.3 Å². The van der Waals surface area contributed by atoms with Gasteiger partial charge in [0.05, 0.1) is 24.6 Å². The number of aryl methyl sites for hydroxylation is 2. The molecule has 0 aromatic heterocycles. The monoisotopic (exact) mass is 511 g/mol. The van der Waals surface area contributed by atoms with E-state index in [4.69, 9.17) is 4.74 Å². The summed E-state index contributed by atoms with van der Waals surface area (Å²) in [5.74, 6) is -2.08. The maximum absolute atomic E-state index is 13.4. The Bertz CT molecular complexity index is 1420. The number of fused-ring (bicyclic) bond motifs is 1. The van der Waals surface area contributed by atoms with Gasteiger partial charge in [0.2, 0.25) is 0 Å². The number of amides is 1. The predicted molar refractivity (Wildman–Crippen MR) is 143 cm³/mol. The Balaban J connectivity index is 1.58. The van der Waals surface area contributed by atoms with E-state index in [1.54, 1.807) is 49.4 Å². The van der Waals surface area contributed by atoms with E-state index in [1.807, 2.05) is 12.1 Å². The third-order valence-corrected chi connectivity index (χ3v) is 7.14. The molecule has 1 saturated heterocycles. The van der Waals surface area contributed by atoms with Crippen molar-refractivity contribution in [1.29, 1.82) is 0 Å². The largest absolute Gasteiger partial charge is 0.508 e. The van der Waals surface area contributed by atoms with Crippen molar-refractivity contribution < 1.29 is 29.3 Å². The fraction of sp³-hybridized carbons (Fsp3) is 0.258. The van der Waals surface area contributed by atoms with Crippen LogP contribution in [0.2, 0.25) is 0 Å². The first-order valence-corrected chi connectivity index (χ1v) is 12.8. The zero-order chi connectivity index (χ0) is 26.8. The van der Waals surface area contributed by atoms with E-state index >= 15 is 0 Å². The number of esters is 1. The number of Topliss-reactive ketones (excluding diaryl/α,β-unsaturated/α-hetero) is 1. The van der Waals surface area contributed by atoms with Gasteiger partial charge in [-0.3, -0.25) is 19.3 Å². The number of hydrogen-bond donors (Lipinski definition) is 2. The van der Waals surface area contributed by atoms with Gasteiger partial charge in [-0.25, -0.2) is 0 Å². The average molecular weight is 512 g/mol. The molecule has 0 bridgehead atoms. The van der Waals surface area contributed by atoms with Crippen molar-refractivity contribution >= 4 is 29.1 Å². The van der Waals surface area contributed by atoms with Gasteiger partial charge in [0.25, 0.3) is 11.7 Å². The first-order valence-electron chi connectivity index (χ1n) is 12.8. The van der Waals surface area contributed by atoms with Crippen molar-refractivity contribution in [3.05, 3.63) is 100 Å². The SMILES string of the molecule is CCOC(=O)Cc1ccc(N2C(=O)C(=O)/C(=C(\O)c3ccc4c(c3)CCCC4)C2c2ccc(O)cc2)cc1. The molecule has 1 unspecified atom stereocenters. The number of ether oxygens (including phenoxy) is 1. The van der Waals surface area contributed by atoms with Gasteiger partial charge in [0.15, 0.2) is 0 Å². The summed E-state index contributed by atoms with van der Waals surface area (Å²) in [6, 6.07) is 17.8. The number of anilines is 1. The number of hydrogen-bond acceptors (Lipinski definition) is 6. The summed E-state index contributed by atoms with van der Waals surface area (Å²) in [5, 5.41) is 21.3. The van der Waals surface area contributed by atoms with Gasteiger partial charge in [-0.2, -0.15) is 0 Å². The number of carbonyl (C=O) groups is 3. The number of phenolic OH excluding ortho intramolecular Hbond substituents is 1. The van der Waals surface area contributed by atoms with E-state index in [1.165, 1.54) is 22.6 Å². The minimum Gasteiger partial charge on any atom is -0.508 e. The van der Waals surface area contributed by atoms with Crippen molar-refractivity contribution in [2.45, 2.75) is 45.1 Å². The number of aliphatic hydroxyl groups excluding tert-OH is 1. The Morgan fingerprint density at radius 2 is 1.63 bits per heavy atom. The molecular weight excluding hydrogens is 482 g/mol. The zero-order valence-electron chi connectivity index (χ0n) is 21.1. The molecule has 0 spiro atoms. The fourth-order valence-corrected chi connectivity index (χ4v) is 5.26. The summed E-state index contributed by atoms with van der Waals surface area (Å²) in [4.78, 5) is 40.0. The second-order valence-corrected chi connectivity index (χ2v) is 9.60. The van der Waals surface area contributed by atoms with Crippen molar-refractivity contribution in [2.75, 3.05) is 11.5 Å². The number of rotatable bonds is 6. The van der Waals surface area contributed by atoms with Crippen LogP contribution in [-0.2, 0) is 38.4 Å². The quantitative estimate of drug-likeness (QED) is 0.209. The molecular formula is C31H29NO6. The molecule has 2 aliphatic rings. The number of benzene rings is 3. The van der Waals surface area contributed by atoms with E-state index in [0.29, 0.717) is 29.0 Å². The lowest BCUT2D eigenvalue weighted by molar-refractivity contribution is -0.142. The third-order valence-electron chi connectivity index (χ3n) is 7.14. The molecule has 1 aliphatic heterocycles. The Morgan fingerprint density at radius 1 is 0.947 bits per heavy atom. The lowest BCUT2D eigenvalue weighted by Gasteiger charge is -2.26. The average Bonchev–Trinajstić information content (AvgIpc) is 3.19. The van der Waals surface area contributed by atoms with E-state index in [-0.39, 0.29) is 29.5 Å². The van der Waals surface area contributed by atoms with E-state index in [9.17, 15) is 24.6 Å². The summed E-state index contributed by atoms with van der Waals surface area (Å²) in [5.41, 5.74) is 4.60. The van der Waals surface area contributed by atoms with Gasteiger partial charge in [0.1, 0.15) is 11.5 Å². The van der Waals surface area contributed by atoms with Gasteiger partial charge in [-0.05, 0) is 85.2 Å². The topological polar surface area (TPSA) is 104 Å². The minimum atomic E-state index is -0.900. The second kappa shape index (κ2) is 10.5. The summed E-state index contributed by atoms with van der Waals surface area (Å²) < 4.78 is 5.01. The number of ketones is 1. The molecule has 7 heteroatoms. The Hall–Kier alpha value is -4.39. The molecule has 1 atom stereocenters. The number of phenols is 1. The molecule has 2 N–H and O–H groups in total. The van der Waals surface area contributed by atoms with Crippen LogP contribution in [0.25, 0.3) is 5.76 Å².